The average molecular weight is 360 g/mol. The first-order chi connectivity index (χ1) is 13.0. The van der Waals surface area contributed by atoms with E-state index in [-0.39, 0.29) is 16.7 Å². The summed E-state index contributed by atoms with van der Waals surface area (Å²) in [5.74, 6) is 1.67. The molecule has 4 bridgehead atoms. The van der Waals surface area contributed by atoms with Crippen molar-refractivity contribution in [3.05, 3.63) is 65.2 Å². The van der Waals surface area contributed by atoms with Crippen LogP contribution in [0.2, 0.25) is 0 Å². The summed E-state index contributed by atoms with van der Waals surface area (Å²) in [5, 5.41) is 3.31. The molecule has 2 nitrogen and oxygen atoms in total. The molecule has 0 heterocycles. The zero-order valence-electron chi connectivity index (χ0n) is 16.4. The van der Waals surface area contributed by atoms with Gasteiger partial charge in [-0.2, -0.15) is 0 Å². The van der Waals surface area contributed by atoms with Crippen LogP contribution in [0.1, 0.15) is 55.2 Å². The van der Waals surface area contributed by atoms with E-state index in [1.165, 1.54) is 30.4 Å². The Balaban J connectivity index is 1.49. The van der Waals surface area contributed by atoms with Gasteiger partial charge in [-0.15, -0.1) is 0 Å². The second-order valence-electron chi connectivity index (χ2n) is 9.66. The molecule has 2 aromatic carbocycles. The minimum absolute atomic E-state index is 0.183. The van der Waals surface area contributed by atoms with Crippen molar-refractivity contribution >= 4 is 11.6 Å². The Labute approximate surface area is 162 Å². The van der Waals surface area contributed by atoms with Gasteiger partial charge < -0.3 is 5.32 Å². The number of rotatable bonds is 3. The highest BCUT2D eigenvalue weighted by Crippen LogP contribution is 2.66. The normalized spacial score (nSPS) is 33.9. The summed E-state index contributed by atoms with van der Waals surface area (Å²) in [6.07, 6.45) is 7.04. The van der Waals surface area contributed by atoms with Gasteiger partial charge in [0.05, 0.1) is 5.41 Å². The first-order valence-corrected chi connectivity index (χ1v) is 10.4. The maximum atomic E-state index is 13.5. The molecule has 27 heavy (non-hydrogen) atoms. The number of benzene rings is 2. The lowest BCUT2D eigenvalue weighted by atomic mass is 9.42. The van der Waals surface area contributed by atoms with Gasteiger partial charge >= 0.3 is 0 Å². The Kier molecular flexibility index (Phi) is 3.76. The third kappa shape index (κ3) is 2.72. The molecule has 0 aliphatic heterocycles. The van der Waals surface area contributed by atoms with Crippen LogP contribution in [0, 0.1) is 31.1 Å². The van der Waals surface area contributed by atoms with Crippen molar-refractivity contribution in [2.24, 2.45) is 17.3 Å². The predicted octanol–water partition coefficient (Wildman–Crippen LogP) is 5.78. The van der Waals surface area contributed by atoms with Crippen molar-refractivity contribution in [1.29, 1.82) is 0 Å². The predicted molar refractivity (Wildman–Crippen MR) is 110 cm³/mol. The number of carbonyl (C=O) groups is 1. The van der Waals surface area contributed by atoms with Gasteiger partial charge in [0.2, 0.25) is 5.91 Å². The number of hydrogen-bond acceptors (Lipinski definition) is 1. The van der Waals surface area contributed by atoms with Gasteiger partial charge in [-0.25, -0.2) is 0 Å². The number of carbonyl (C=O) groups excluding carboxylic acids is 1. The third-order valence-corrected chi connectivity index (χ3v) is 7.60. The van der Waals surface area contributed by atoms with E-state index >= 15 is 0 Å². The summed E-state index contributed by atoms with van der Waals surface area (Å²) >= 11 is 0. The van der Waals surface area contributed by atoms with Crippen molar-refractivity contribution in [2.45, 2.75) is 57.8 Å². The van der Waals surface area contributed by atoms with Gasteiger partial charge in [0.25, 0.3) is 0 Å². The lowest BCUT2D eigenvalue weighted by molar-refractivity contribution is -0.143. The molecule has 0 aromatic heterocycles. The molecule has 140 valence electrons. The number of amides is 1. The van der Waals surface area contributed by atoms with Crippen LogP contribution < -0.4 is 5.32 Å². The number of aryl methyl sites for hydroxylation is 2. The van der Waals surface area contributed by atoms with Crippen LogP contribution in [0.25, 0.3) is 0 Å². The Morgan fingerprint density at radius 1 is 0.926 bits per heavy atom. The van der Waals surface area contributed by atoms with Gasteiger partial charge in [0, 0.05) is 5.69 Å². The molecule has 2 atom stereocenters. The smallest absolute Gasteiger partial charge is 0.230 e. The molecule has 6 rings (SSSR count). The maximum absolute atomic E-state index is 13.5. The van der Waals surface area contributed by atoms with Gasteiger partial charge in [-0.1, -0.05) is 48.0 Å². The summed E-state index contributed by atoms with van der Waals surface area (Å²) in [7, 11) is 0. The van der Waals surface area contributed by atoms with Crippen LogP contribution in [0.15, 0.2) is 48.5 Å². The van der Waals surface area contributed by atoms with Crippen molar-refractivity contribution in [1.82, 2.24) is 0 Å². The van der Waals surface area contributed by atoms with Crippen molar-refractivity contribution in [3.8, 4) is 0 Å². The number of para-hydroxylation sites is 1. The zero-order chi connectivity index (χ0) is 18.6. The second kappa shape index (κ2) is 5.95. The van der Waals surface area contributed by atoms with E-state index in [2.05, 4.69) is 49.5 Å². The molecule has 0 spiro atoms. The van der Waals surface area contributed by atoms with Crippen molar-refractivity contribution < 1.29 is 4.79 Å². The molecular formula is C25H29NO. The molecule has 2 aromatic rings. The van der Waals surface area contributed by atoms with Crippen LogP contribution in [0.3, 0.4) is 0 Å². The molecule has 0 radical (unpaired) electrons. The van der Waals surface area contributed by atoms with E-state index in [0.29, 0.717) is 11.8 Å². The molecule has 2 heteroatoms. The average Bonchev–Trinajstić information content (AvgIpc) is 2.63. The summed E-state index contributed by atoms with van der Waals surface area (Å²) in [6.45, 7) is 4.23. The van der Waals surface area contributed by atoms with Gasteiger partial charge in [-0.3, -0.25) is 4.79 Å². The molecule has 4 saturated carbocycles. The van der Waals surface area contributed by atoms with Crippen LogP contribution in [0.4, 0.5) is 5.69 Å². The van der Waals surface area contributed by atoms with Gasteiger partial charge in [0.1, 0.15) is 0 Å². The molecule has 4 fully saturated rings. The van der Waals surface area contributed by atoms with Crippen molar-refractivity contribution in [2.75, 3.05) is 5.32 Å². The van der Waals surface area contributed by atoms with E-state index in [1.54, 1.807) is 0 Å². The summed E-state index contributed by atoms with van der Waals surface area (Å²) in [5.41, 5.74) is 4.93. The molecular weight excluding hydrogens is 330 g/mol. The standard InChI is InChI=1S/C25H29NO/c1-17-7-9-21(10-8-17)24-12-19-11-20(13-24)15-25(14-19,16-24)23(27)26-22-6-4-3-5-18(22)2/h3-10,19-20H,11-16H2,1-2H3,(H,26,27). The molecule has 1 N–H and O–H groups in total. The highest BCUT2D eigenvalue weighted by Gasteiger charge is 2.60. The zero-order valence-corrected chi connectivity index (χ0v) is 16.4. The lowest BCUT2D eigenvalue weighted by Gasteiger charge is -2.61. The fraction of sp³-hybridized carbons (Fsp3) is 0.480. The first kappa shape index (κ1) is 17.0. The van der Waals surface area contributed by atoms with Crippen molar-refractivity contribution in [3.63, 3.8) is 0 Å². The third-order valence-electron chi connectivity index (χ3n) is 7.60. The minimum Gasteiger partial charge on any atom is -0.325 e. The molecule has 2 unspecified atom stereocenters. The number of hydrogen-bond donors (Lipinski definition) is 1. The molecule has 4 aliphatic carbocycles. The van der Waals surface area contributed by atoms with E-state index in [0.717, 1.165) is 30.5 Å². The summed E-state index contributed by atoms with van der Waals surface area (Å²) in [6, 6.07) is 17.3. The van der Waals surface area contributed by atoms with E-state index in [4.69, 9.17) is 0 Å². The summed E-state index contributed by atoms with van der Waals surface area (Å²) < 4.78 is 0. The molecule has 1 amide bonds. The fourth-order valence-electron chi connectivity index (χ4n) is 6.74. The Morgan fingerprint density at radius 3 is 2.26 bits per heavy atom. The van der Waals surface area contributed by atoms with Crippen LogP contribution >= 0.6 is 0 Å². The fourth-order valence-corrected chi connectivity index (χ4v) is 6.74. The number of anilines is 1. The lowest BCUT2D eigenvalue weighted by Crippen LogP contribution is -2.58. The van der Waals surface area contributed by atoms with E-state index < -0.39 is 0 Å². The van der Waals surface area contributed by atoms with E-state index in [1.807, 2.05) is 18.2 Å². The Hall–Kier alpha value is -2.09. The number of nitrogens with one attached hydrogen (secondary N) is 1. The SMILES string of the molecule is Cc1ccc(C23CC4CC(CC(C(=O)Nc5ccccc5C)(C4)C2)C3)cc1. The minimum atomic E-state index is -0.183. The largest absolute Gasteiger partial charge is 0.325 e. The van der Waals surface area contributed by atoms with E-state index in [9.17, 15) is 4.79 Å². The summed E-state index contributed by atoms with van der Waals surface area (Å²) in [4.78, 5) is 13.5. The molecule has 0 saturated heterocycles. The van der Waals surface area contributed by atoms with Gasteiger partial charge in [0.15, 0.2) is 0 Å². The second-order valence-corrected chi connectivity index (χ2v) is 9.66. The van der Waals surface area contributed by atoms with Gasteiger partial charge in [-0.05, 0) is 86.8 Å². The van der Waals surface area contributed by atoms with Crippen LogP contribution in [0.5, 0.6) is 0 Å². The Bertz CT molecular complexity index is 867. The maximum Gasteiger partial charge on any atom is 0.230 e. The first-order valence-electron chi connectivity index (χ1n) is 10.4. The topological polar surface area (TPSA) is 29.1 Å². The highest BCUT2D eigenvalue weighted by atomic mass is 16.2. The van der Waals surface area contributed by atoms with Crippen LogP contribution in [-0.4, -0.2) is 5.91 Å². The Morgan fingerprint density at radius 2 is 1.59 bits per heavy atom. The molecule has 4 aliphatic rings. The highest BCUT2D eigenvalue weighted by molar-refractivity contribution is 5.96. The monoisotopic (exact) mass is 359 g/mol. The van der Waals surface area contributed by atoms with Crippen LogP contribution in [-0.2, 0) is 10.2 Å². The quantitative estimate of drug-likeness (QED) is 0.739.